The molecule has 1 heterocycles. The van der Waals surface area contributed by atoms with Gasteiger partial charge in [0.05, 0.1) is 6.61 Å². The number of esters is 1. The van der Waals surface area contributed by atoms with Gasteiger partial charge in [0.2, 0.25) is 0 Å². The number of carbonyl (C=O) groups is 1. The number of carbonyl (C=O) groups excluding carboxylic acids is 1. The van der Waals surface area contributed by atoms with Crippen LogP contribution in [0, 0.1) is 11.3 Å². The van der Waals surface area contributed by atoms with E-state index in [1.165, 1.54) is 24.5 Å². The van der Waals surface area contributed by atoms with Gasteiger partial charge in [-0.15, -0.1) is 0 Å². The molecule has 0 aromatic carbocycles. The van der Waals surface area contributed by atoms with Gasteiger partial charge in [-0.3, -0.25) is 4.79 Å². The highest BCUT2D eigenvalue weighted by molar-refractivity contribution is 5.66. The summed E-state index contributed by atoms with van der Waals surface area (Å²) in [5.41, 5.74) is 2.71. The Morgan fingerprint density at radius 1 is 1.33 bits per heavy atom. The van der Waals surface area contributed by atoms with Crippen LogP contribution in [0.25, 0.3) is 0 Å². The first-order chi connectivity index (χ1) is 9.91. The van der Waals surface area contributed by atoms with Crippen LogP contribution in [0.4, 0.5) is 0 Å². The molecule has 0 aromatic rings. The number of hydrogen-bond acceptors (Lipinski definition) is 4. The van der Waals surface area contributed by atoms with E-state index in [-0.39, 0.29) is 17.7 Å². The van der Waals surface area contributed by atoms with Crippen LogP contribution >= 0.6 is 0 Å². The van der Waals surface area contributed by atoms with E-state index in [1.807, 2.05) is 0 Å². The van der Waals surface area contributed by atoms with E-state index < -0.39 is 0 Å². The zero-order valence-electron chi connectivity index (χ0n) is 13.7. The van der Waals surface area contributed by atoms with E-state index in [0.717, 1.165) is 32.5 Å². The number of hydrogen-bond donors (Lipinski definition) is 0. The smallest absolute Gasteiger partial charge is 0.302 e. The Balaban J connectivity index is 1.82. The summed E-state index contributed by atoms with van der Waals surface area (Å²) in [6, 6.07) is 0. The molecule has 2 unspecified atom stereocenters. The fraction of sp³-hybridized carbons (Fsp3) is 0.824. The molecule has 1 saturated heterocycles. The highest BCUT2D eigenvalue weighted by Gasteiger charge is 2.44. The van der Waals surface area contributed by atoms with Crippen molar-refractivity contribution in [1.82, 2.24) is 0 Å². The van der Waals surface area contributed by atoms with Crippen molar-refractivity contribution in [1.29, 1.82) is 0 Å². The normalized spacial score (nSPS) is 30.5. The highest BCUT2D eigenvalue weighted by atomic mass is 16.7. The lowest BCUT2D eigenvalue weighted by atomic mass is 9.58. The van der Waals surface area contributed by atoms with Crippen molar-refractivity contribution in [3.05, 3.63) is 11.1 Å². The number of allylic oxidation sites excluding steroid dienone is 1. The quantitative estimate of drug-likeness (QED) is 0.576. The van der Waals surface area contributed by atoms with E-state index >= 15 is 0 Å². The molecule has 1 saturated carbocycles. The van der Waals surface area contributed by atoms with Crippen LogP contribution in [0.3, 0.4) is 0 Å². The third-order valence-corrected chi connectivity index (χ3v) is 4.88. The Labute approximate surface area is 127 Å². The minimum absolute atomic E-state index is 0.00952. The topological polar surface area (TPSA) is 44.8 Å². The summed E-state index contributed by atoms with van der Waals surface area (Å²) in [6.45, 7) is 9.99. The van der Waals surface area contributed by atoms with E-state index in [0.29, 0.717) is 12.5 Å². The third kappa shape index (κ3) is 4.07. The van der Waals surface area contributed by atoms with Gasteiger partial charge in [-0.2, -0.15) is 0 Å². The fourth-order valence-electron chi connectivity index (χ4n) is 3.23. The molecule has 0 amide bonds. The van der Waals surface area contributed by atoms with Gasteiger partial charge >= 0.3 is 5.97 Å². The summed E-state index contributed by atoms with van der Waals surface area (Å²) in [5, 5.41) is 0. The summed E-state index contributed by atoms with van der Waals surface area (Å²) in [5.74, 6) is 0.298. The Morgan fingerprint density at radius 3 is 2.67 bits per heavy atom. The molecule has 120 valence electrons. The minimum Gasteiger partial charge on any atom is -0.461 e. The largest absolute Gasteiger partial charge is 0.461 e. The third-order valence-electron chi connectivity index (χ3n) is 4.88. The predicted molar refractivity (Wildman–Crippen MR) is 80.8 cm³/mol. The molecule has 2 fully saturated rings. The van der Waals surface area contributed by atoms with Crippen molar-refractivity contribution in [3.8, 4) is 0 Å². The van der Waals surface area contributed by atoms with Gasteiger partial charge in [0, 0.05) is 13.5 Å². The van der Waals surface area contributed by atoms with Crippen molar-refractivity contribution in [3.63, 3.8) is 0 Å². The van der Waals surface area contributed by atoms with Crippen LogP contribution in [-0.4, -0.2) is 32.1 Å². The van der Waals surface area contributed by atoms with Gasteiger partial charge in [-0.25, -0.2) is 0 Å². The van der Waals surface area contributed by atoms with Gasteiger partial charge in [-0.1, -0.05) is 19.4 Å². The molecule has 0 radical (unpaired) electrons. The highest BCUT2D eigenvalue weighted by Crippen LogP contribution is 2.52. The first-order valence-electron chi connectivity index (χ1n) is 7.97. The zero-order valence-corrected chi connectivity index (χ0v) is 13.7. The summed E-state index contributed by atoms with van der Waals surface area (Å²) in [6.07, 6.45) is 4.39. The predicted octanol–water partition coefficient (Wildman–Crippen LogP) is 3.46. The lowest BCUT2D eigenvalue weighted by Crippen LogP contribution is -2.42. The molecular weight excluding hydrogens is 268 g/mol. The van der Waals surface area contributed by atoms with Crippen molar-refractivity contribution in [2.75, 3.05) is 19.8 Å². The molecular formula is C17H28O4. The molecule has 2 rings (SSSR count). The van der Waals surface area contributed by atoms with E-state index in [4.69, 9.17) is 14.2 Å². The lowest BCUT2D eigenvalue weighted by molar-refractivity contribution is -0.177. The number of ether oxygens (including phenoxy) is 3. The minimum atomic E-state index is -0.221. The second kappa shape index (κ2) is 6.93. The molecule has 4 heteroatoms. The fourth-order valence-corrected chi connectivity index (χ4v) is 3.23. The van der Waals surface area contributed by atoms with Crippen LogP contribution in [0.2, 0.25) is 0 Å². The summed E-state index contributed by atoms with van der Waals surface area (Å²) < 4.78 is 16.6. The van der Waals surface area contributed by atoms with Gasteiger partial charge in [0.25, 0.3) is 0 Å². The van der Waals surface area contributed by atoms with Gasteiger partial charge in [0.15, 0.2) is 6.29 Å². The van der Waals surface area contributed by atoms with Crippen molar-refractivity contribution in [2.24, 2.45) is 11.3 Å². The van der Waals surface area contributed by atoms with Crippen molar-refractivity contribution in [2.45, 2.75) is 59.7 Å². The first-order valence-corrected chi connectivity index (χ1v) is 7.97. The Hall–Kier alpha value is -0.870. The van der Waals surface area contributed by atoms with E-state index in [9.17, 15) is 4.79 Å². The van der Waals surface area contributed by atoms with E-state index in [2.05, 4.69) is 20.8 Å². The maximum absolute atomic E-state index is 10.9. The molecule has 0 bridgehead atoms. The Kier molecular flexibility index (Phi) is 5.44. The Morgan fingerprint density at radius 2 is 2.10 bits per heavy atom. The van der Waals surface area contributed by atoms with Crippen LogP contribution in [0.1, 0.15) is 53.4 Å². The van der Waals surface area contributed by atoms with Gasteiger partial charge in [-0.05, 0) is 49.5 Å². The second-order valence-electron chi connectivity index (χ2n) is 6.79. The van der Waals surface area contributed by atoms with Crippen molar-refractivity contribution < 1.29 is 19.0 Å². The molecule has 4 nitrogen and oxygen atoms in total. The van der Waals surface area contributed by atoms with Gasteiger partial charge in [0.1, 0.15) is 6.61 Å². The maximum atomic E-state index is 10.9. The molecule has 21 heavy (non-hydrogen) atoms. The second-order valence-corrected chi connectivity index (χ2v) is 6.79. The Bertz CT molecular complexity index is 405. The molecule has 2 aliphatic rings. The van der Waals surface area contributed by atoms with E-state index in [1.54, 1.807) is 0 Å². The average molecular weight is 296 g/mol. The summed E-state index contributed by atoms with van der Waals surface area (Å²) in [7, 11) is 0. The monoisotopic (exact) mass is 296 g/mol. The summed E-state index contributed by atoms with van der Waals surface area (Å²) in [4.78, 5) is 10.9. The maximum Gasteiger partial charge on any atom is 0.302 e. The van der Waals surface area contributed by atoms with Crippen LogP contribution in [0.5, 0.6) is 0 Å². The SMILES string of the molecule is CC(=O)OCC(C)=C1CC(COC2CCCCO2)C1(C)C. The van der Waals surface area contributed by atoms with Crippen molar-refractivity contribution >= 4 is 5.97 Å². The van der Waals surface area contributed by atoms with Crippen LogP contribution in [-0.2, 0) is 19.0 Å². The zero-order chi connectivity index (χ0) is 15.5. The molecule has 1 aliphatic heterocycles. The first kappa shape index (κ1) is 16.5. The van der Waals surface area contributed by atoms with Crippen LogP contribution < -0.4 is 0 Å². The summed E-state index contributed by atoms with van der Waals surface area (Å²) >= 11 is 0. The lowest BCUT2D eigenvalue weighted by Gasteiger charge is -2.49. The molecule has 2 atom stereocenters. The average Bonchev–Trinajstić information content (AvgIpc) is 2.45. The molecule has 0 spiro atoms. The van der Waals surface area contributed by atoms with Gasteiger partial charge < -0.3 is 14.2 Å². The standard InChI is InChI=1S/C17H28O4/c1-12(10-20-13(2)18)15-9-14(17(15,3)4)11-21-16-7-5-6-8-19-16/h14,16H,5-11H2,1-4H3. The molecule has 1 aliphatic carbocycles. The number of rotatable bonds is 5. The molecule has 0 N–H and O–H groups in total. The van der Waals surface area contributed by atoms with Crippen LogP contribution in [0.15, 0.2) is 11.1 Å². The molecule has 0 aromatic heterocycles.